The van der Waals surface area contributed by atoms with E-state index >= 15 is 0 Å². The first-order valence-electron chi connectivity index (χ1n) is 6.27. The van der Waals surface area contributed by atoms with Gasteiger partial charge in [0, 0.05) is 19.7 Å². The van der Waals surface area contributed by atoms with E-state index < -0.39 is 0 Å². The van der Waals surface area contributed by atoms with Crippen LogP contribution in [-0.4, -0.2) is 23.6 Å². The van der Waals surface area contributed by atoms with Gasteiger partial charge >= 0.3 is 0 Å². The lowest BCUT2D eigenvalue weighted by Crippen LogP contribution is -2.03. The van der Waals surface area contributed by atoms with Gasteiger partial charge < -0.3 is 15.4 Å². The van der Waals surface area contributed by atoms with E-state index in [1.54, 1.807) is 0 Å². The molecule has 2 aromatic rings. The molecule has 0 aliphatic carbocycles. The molecule has 1 aromatic carbocycles. The fourth-order valence-corrected chi connectivity index (χ4v) is 1.65. The predicted octanol–water partition coefficient (Wildman–Crippen LogP) is 2.53. The number of nitrogens with zero attached hydrogens (tertiary/aromatic N) is 2. The maximum absolute atomic E-state index is 5.40. The zero-order chi connectivity index (χ0) is 13.5. The smallest absolute Gasteiger partial charge is 0.131 e. The van der Waals surface area contributed by atoms with E-state index in [0.717, 1.165) is 17.4 Å². The van der Waals surface area contributed by atoms with Crippen molar-refractivity contribution in [2.24, 2.45) is 0 Å². The molecule has 0 aliphatic heterocycles. The lowest BCUT2D eigenvalue weighted by Gasteiger charge is -2.08. The molecule has 0 unspecified atom stereocenters. The Morgan fingerprint density at radius 2 is 1.84 bits per heavy atom. The Labute approximate surface area is 113 Å². The Kier molecular flexibility index (Phi) is 4.55. The average Bonchev–Trinajstić information content (AvgIpc) is 2.47. The van der Waals surface area contributed by atoms with Crippen molar-refractivity contribution < 1.29 is 4.74 Å². The summed E-state index contributed by atoms with van der Waals surface area (Å²) in [7, 11) is 1.83. The fraction of sp³-hybridized carbons (Fsp3) is 0.286. The van der Waals surface area contributed by atoms with Crippen LogP contribution in [0.25, 0.3) is 0 Å². The third-order valence-corrected chi connectivity index (χ3v) is 2.63. The summed E-state index contributed by atoms with van der Waals surface area (Å²) in [5, 5.41) is 6.23. The van der Waals surface area contributed by atoms with Crippen LogP contribution in [0.3, 0.4) is 0 Å². The molecule has 0 radical (unpaired) electrons. The summed E-state index contributed by atoms with van der Waals surface area (Å²) in [4.78, 5) is 8.23. The molecular formula is C14H18N4O. The van der Waals surface area contributed by atoms with Gasteiger partial charge in [-0.05, 0) is 24.6 Å². The predicted molar refractivity (Wildman–Crippen MR) is 76.5 cm³/mol. The van der Waals surface area contributed by atoms with Crippen molar-refractivity contribution in [3.8, 4) is 5.75 Å². The van der Waals surface area contributed by atoms with Gasteiger partial charge in [0.05, 0.1) is 6.61 Å². The van der Waals surface area contributed by atoms with Gasteiger partial charge in [0.25, 0.3) is 0 Å². The Hall–Kier alpha value is -2.30. The number of rotatable bonds is 6. The van der Waals surface area contributed by atoms with Crippen LogP contribution >= 0.6 is 0 Å². The molecule has 0 atom stereocenters. The van der Waals surface area contributed by atoms with E-state index in [-0.39, 0.29) is 0 Å². The van der Waals surface area contributed by atoms with Crippen LogP contribution in [0.15, 0.2) is 36.7 Å². The van der Waals surface area contributed by atoms with Crippen molar-refractivity contribution >= 4 is 11.6 Å². The van der Waals surface area contributed by atoms with Crippen molar-refractivity contribution in [3.05, 3.63) is 42.2 Å². The quantitative estimate of drug-likeness (QED) is 0.833. The highest BCUT2D eigenvalue weighted by Crippen LogP contribution is 2.14. The third-order valence-electron chi connectivity index (χ3n) is 2.63. The molecule has 2 rings (SSSR count). The molecule has 0 saturated heterocycles. The summed E-state index contributed by atoms with van der Waals surface area (Å²) < 4.78 is 5.40. The Balaban J connectivity index is 1.94. The van der Waals surface area contributed by atoms with E-state index in [9.17, 15) is 0 Å². The standard InChI is InChI=1S/C14H18N4O/c1-3-19-12-6-4-11(5-7-12)9-16-14-8-13(15-2)17-10-18-14/h4-8,10H,3,9H2,1-2H3,(H2,15,16,17,18). The lowest BCUT2D eigenvalue weighted by atomic mass is 10.2. The molecule has 2 N–H and O–H groups in total. The molecule has 19 heavy (non-hydrogen) atoms. The average molecular weight is 258 g/mol. The zero-order valence-electron chi connectivity index (χ0n) is 11.2. The second-order valence-electron chi connectivity index (χ2n) is 3.97. The second-order valence-corrected chi connectivity index (χ2v) is 3.97. The van der Waals surface area contributed by atoms with Gasteiger partial charge in [0.2, 0.25) is 0 Å². The molecule has 0 aliphatic rings. The molecule has 0 amide bonds. The van der Waals surface area contributed by atoms with Crippen LogP contribution in [0, 0.1) is 0 Å². The number of aromatic nitrogens is 2. The second kappa shape index (κ2) is 6.58. The Morgan fingerprint density at radius 3 is 2.53 bits per heavy atom. The number of nitrogens with one attached hydrogen (secondary N) is 2. The maximum atomic E-state index is 5.40. The van der Waals surface area contributed by atoms with Crippen LogP contribution < -0.4 is 15.4 Å². The highest BCUT2D eigenvalue weighted by molar-refractivity contribution is 5.46. The van der Waals surface area contributed by atoms with Gasteiger partial charge in [-0.25, -0.2) is 9.97 Å². The van der Waals surface area contributed by atoms with Crippen LogP contribution in [0.2, 0.25) is 0 Å². The minimum atomic E-state index is 0.686. The summed E-state index contributed by atoms with van der Waals surface area (Å²) in [5.74, 6) is 2.49. The van der Waals surface area contributed by atoms with Gasteiger partial charge in [-0.15, -0.1) is 0 Å². The summed E-state index contributed by atoms with van der Waals surface area (Å²) >= 11 is 0. The molecule has 0 spiro atoms. The van der Waals surface area contributed by atoms with Gasteiger partial charge in [-0.2, -0.15) is 0 Å². The number of ether oxygens (including phenoxy) is 1. The molecule has 5 heteroatoms. The van der Waals surface area contributed by atoms with Gasteiger partial charge in [-0.3, -0.25) is 0 Å². The van der Waals surface area contributed by atoms with E-state index in [2.05, 4.69) is 20.6 Å². The molecule has 1 aromatic heterocycles. The number of anilines is 2. The molecule has 1 heterocycles. The zero-order valence-corrected chi connectivity index (χ0v) is 11.2. The largest absolute Gasteiger partial charge is 0.494 e. The van der Waals surface area contributed by atoms with Crippen molar-refractivity contribution in [1.29, 1.82) is 0 Å². The van der Waals surface area contributed by atoms with Crippen molar-refractivity contribution in [2.75, 3.05) is 24.3 Å². The van der Waals surface area contributed by atoms with Crippen LogP contribution in [0.5, 0.6) is 5.75 Å². The minimum absolute atomic E-state index is 0.686. The van der Waals surface area contributed by atoms with E-state index in [1.165, 1.54) is 11.9 Å². The molecule has 5 nitrogen and oxygen atoms in total. The van der Waals surface area contributed by atoms with Gasteiger partial charge in [0.1, 0.15) is 23.7 Å². The van der Waals surface area contributed by atoms with Crippen molar-refractivity contribution in [2.45, 2.75) is 13.5 Å². The number of hydrogen-bond donors (Lipinski definition) is 2. The highest BCUT2D eigenvalue weighted by atomic mass is 16.5. The van der Waals surface area contributed by atoms with Crippen molar-refractivity contribution in [3.63, 3.8) is 0 Å². The van der Waals surface area contributed by atoms with Gasteiger partial charge in [0.15, 0.2) is 0 Å². The SMILES string of the molecule is CCOc1ccc(CNc2cc(NC)ncn2)cc1. The number of benzene rings is 1. The highest BCUT2D eigenvalue weighted by Gasteiger charge is 1.98. The molecular weight excluding hydrogens is 240 g/mol. The normalized spacial score (nSPS) is 10.0. The van der Waals surface area contributed by atoms with Gasteiger partial charge in [-0.1, -0.05) is 12.1 Å². The first kappa shape index (κ1) is 13.1. The summed E-state index contributed by atoms with van der Waals surface area (Å²) in [6, 6.07) is 9.89. The summed E-state index contributed by atoms with van der Waals surface area (Å²) in [5.41, 5.74) is 1.17. The minimum Gasteiger partial charge on any atom is -0.494 e. The first-order valence-corrected chi connectivity index (χ1v) is 6.27. The molecule has 0 bridgehead atoms. The molecule has 100 valence electrons. The lowest BCUT2D eigenvalue weighted by molar-refractivity contribution is 0.340. The van der Waals surface area contributed by atoms with E-state index in [1.807, 2.05) is 44.3 Å². The van der Waals surface area contributed by atoms with E-state index in [0.29, 0.717) is 13.2 Å². The maximum Gasteiger partial charge on any atom is 0.131 e. The summed E-state index contributed by atoms with van der Waals surface area (Å²) in [6.45, 7) is 3.38. The van der Waals surface area contributed by atoms with Crippen LogP contribution in [-0.2, 0) is 6.54 Å². The van der Waals surface area contributed by atoms with Crippen LogP contribution in [0.1, 0.15) is 12.5 Å². The first-order chi connectivity index (χ1) is 9.31. The monoisotopic (exact) mass is 258 g/mol. The topological polar surface area (TPSA) is 59.1 Å². The van der Waals surface area contributed by atoms with Crippen molar-refractivity contribution in [1.82, 2.24) is 9.97 Å². The van der Waals surface area contributed by atoms with E-state index in [4.69, 9.17) is 4.74 Å². The Morgan fingerprint density at radius 1 is 1.11 bits per heavy atom. The van der Waals surface area contributed by atoms with Crippen LogP contribution in [0.4, 0.5) is 11.6 Å². The third kappa shape index (κ3) is 3.84. The number of hydrogen-bond acceptors (Lipinski definition) is 5. The molecule has 0 saturated carbocycles. The fourth-order valence-electron chi connectivity index (χ4n) is 1.65. The Bertz CT molecular complexity index is 513. The summed E-state index contributed by atoms with van der Waals surface area (Å²) in [6.07, 6.45) is 1.53. The molecule has 0 fully saturated rings.